The van der Waals surface area contributed by atoms with Gasteiger partial charge in [0.25, 0.3) is 5.91 Å². The lowest BCUT2D eigenvalue weighted by Gasteiger charge is -2.22. The van der Waals surface area contributed by atoms with E-state index in [1.807, 2.05) is 6.92 Å². The van der Waals surface area contributed by atoms with Gasteiger partial charge in [0, 0.05) is 0 Å². The van der Waals surface area contributed by atoms with Crippen molar-refractivity contribution in [1.82, 2.24) is 25.6 Å². The molecule has 1 aromatic heterocycles. The number of carbonyl (C=O) groups excluding carboxylic acids is 1. The maximum absolute atomic E-state index is 14.3. The molecule has 7 nitrogen and oxygen atoms in total. The number of amides is 1. The molecule has 2 fully saturated rings. The zero-order chi connectivity index (χ0) is 19.5. The molecule has 1 unspecified atom stereocenters. The highest BCUT2D eigenvalue weighted by molar-refractivity contribution is 5.92. The Bertz CT molecular complexity index is 830. The summed E-state index contributed by atoms with van der Waals surface area (Å²) in [5.74, 6) is 0.105. The second-order valence-electron chi connectivity index (χ2n) is 7.70. The second kappa shape index (κ2) is 8.26. The minimum absolute atomic E-state index is 0.263. The predicted octanol–water partition coefficient (Wildman–Crippen LogP) is 2.62. The second-order valence-corrected chi connectivity index (χ2v) is 7.70. The fraction of sp³-hybridized carbons (Fsp3) is 0.550. The third-order valence-electron chi connectivity index (χ3n) is 5.40. The van der Waals surface area contributed by atoms with Crippen LogP contribution in [0.25, 0.3) is 0 Å². The Morgan fingerprint density at radius 3 is 2.86 bits per heavy atom. The standard InChI is InChI=1S/C20H26FN5O2/c1-13(15-4-5-19(17(21)10-15)28-12-14-2-3-14)23-20(27)18-11-26(25-24-18)16-6-8-22-9-7-16/h4-5,10-11,13-14,16,22H,2-3,6-9,12H2,1H3,(H,23,27). The van der Waals surface area contributed by atoms with E-state index in [9.17, 15) is 9.18 Å². The van der Waals surface area contributed by atoms with Crippen molar-refractivity contribution in [2.45, 2.75) is 44.7 Å². The summed E-state index contributed by atoms with van der Waals surface area (Å²) in [5.41, 5.74) is 0.950. The van der Waals surface area contributed by atoms with Gasteiger partial charge in [-0.1, -0.05) is 11.3 Å². The Hall–Kier alpha value is -2.48. The summed E-state index contributed by atoms with van der Waals surface area (Å²) in [6.45, 7) is 4.26. The van der Waals surface area contributed by atoms with Crippen LogP contribution in [0, 0.1) is 11.7 Å². The average molecular weight is 387 g/mol. The number of hydrogen-bond donors (Lipinski definition) is 2. The van der Waals surface area contributed by atoms with Crippen molar-refractivity contribution < 1.29 is 13.9 Å². The van der Waals surface area contributed by atoms with Crippen molar-refractivity contribution in [3.05, 3.63) is 41.5 Å². The van der Waals surface area contributed by atoms with E-state index < -0.39 is 5.82 Å². The van der Waals surface area contributed by atoms with Crippen LogP contribution in [0.3, 0.4) is 0 Å². The van der Waals surface area contributed by atoms with E-state index in [1.165, 1.54) is 6.07 Å². The first kappa shape index (κ1) is 18.9. The minimum Gasteiger partial charge on any atom is -0.490 e. The predicted molar refractivity (Wildman–Crippen MR) is 102 cm³/mol. The molecule has 1 aliphatic carbocycles. The van der Waals surface area contributed by atoms with Crippen molar-refractivity contribution in [3.63, 3.8) is 0 Å². The van der Waals surface area contributed by atoms with Gasteiger partial charge < -0.3 is 15.4 Å². The Morgan fingerprint density at radius 1 is 1.36 bits per heavy atom. The highest BCUT2D eigenvalue weighted by Crippen LogP contribution is 2.30. The van der Waals surface area contributed by atoms with Crippen LogP contribution in [-0.2, 0) is 0 Å². The number of piperidine rings is 1. The number of nitrogens with one attached hydrogen (secondary N) is 2. The Morgan fingerprint density at radius 2 is 2.14 bits per heavy atom. The molecule has 2 N–H and O–H groups in total. The average Bonchev–Trinajstić information content (AvgIpc) is 3.40. The molecule has 1 atom stereocenters. The first-order valence-corrected chi connectivity index (χ1v) is 9.96. The molecule has 2 heterocycles. The summed E-state index contributed by atoms with van der Waals surface area (Å²) in [4.78, 5) is 12.5. The highest BCUT2D eigenvalue weighted by atomic mass is 19.1. The van der Waals surface area contributed by atoms with Gasteiger partial charge in [-0.25, -0.2) is 9.07 Å². The number of benzene rings is 1. The van der Waals surface area contributed by atoms with Gasteiger partial charge in [-0.15, -0.1) is 5.10 Å². The Balaban J connectivity index is 1.36. The van der Waals surface area contributed by atoms with Crippen molar-refractivity contribution in [3.8, 4) is 5.75 Å². The van der Waals surface area contributed by atoms with Gasteiger partial charge in [-0.2, -0.15) is 0 Å². The Labute approximate surface area is 163 Å². The molecule has 150 valence electrons. The smallest absolute Gasteiger partial charge is 0.273 e. The van der Waals surface area contributed by atoms with Gasteiger partial charge in [0.1, 0.15) is 0 Å². The lowest BCUT2D eigenvalue weighted by Crippen LogP contribution is -2.29. The largest absolute Gasteiger partial charge is 0.490 e. The number of nitrogens with zero attached hydrogens (tertiary/aromatic N) is 3. The van der Waals surface area contributed by atoms with Crippen molar-refractivity contribution in [2.24, 2.45) is 5.92 Å². The topological polar surface area (TPSA) is 81.1 Å². The molecule has 0 spiro atoms. The summed E-state index contributed by atoms with van der Waals surface area (Å²) in [6, 6.07) is 4.73. The number of rotatable bonds is 7. The fourth-order valence-corrected chi connectivity index (χ4v) is 3.38. The summed E-state index contributed by atoms with van der Waals surface area (Å²) >= 11 is 0. The Kier molecular flexibility index (Phi) is 5.57. The van der Waals surface area contributed by atoms with E-state index >= 15 is 0 Å². The molecule has 2 aliphatic rings. The first-order valence-electron chi connectivity index (χ1n) is 9.96. The number of carbonyl (C=O) groups is 1. The van der Waals surface area contributed by atoms with Gasteiger partial charge in [0.2, 0.25) is 0 Å². The van der Waals surface area contributed by atoms with Gasteiger partial charge in [-0.3, -0.25) is 4.79 Å². The van der Waals surface area contributed by atoms with Gasteiger partial charge in [-0.05, 0) is 69.3 Å². The number of ether oxygens (including phenoxy) is 1. The number of halogens is 1. The SMILES string of the molecule is CC(NC(=O)c1cn(C2CCNCC2)nn1)c1ccc(OCC2CC2)c(F)c1. The van der Waals surface area contributed by atoms with Crippen LogP contribution in [0.15, 0.2) is 24.4 Å². The van der Waals surface area contributed by atoms with Gasteiger partial charge in [0.05, 0.1) is 24.9 Å². The van der Waals surface area contributed by atoms with Gasteiger partial charge >= 0.3 is 0 Å². The van der Waals surface area contributed by atoms with Crippen LogP contribution in [0.4, 0.5) is 4.39 Å². The minimum atomic E-state index is -0.406. The van der Waals surface area contributed by atoms with Crippen molar-refractivity contribution in [2.75, 3.05) is 19.7 Å². The van der Waals surface area contributed by atoms with E-state index in [2.05, 4.69) is 20.9 Å². The van der Waals surface area contributed by atoms with E-state index in [0.29, 0.717) is 18.1 Å². The van der Waals surface area contributed by atoms with Gasteiger partial charge in [0.15, 0.2) is 17.3 Å². The van der Waals surface area contributed by atoms with E-state index in [0.717, 1.165) is 38.8 Å². The molecular weight excluding hydrogens is 361 g/mol. The third kappa shape index (κ3) is 4.49. The normalized spacial score (nSPS) is 18.6. The van der Waals surface area contributed by atoms with Crippen molar-refractivity contribution in [1.29, 1.82) is 0 Å². The fourth-order valence-electron chi connectivity index (χ4n) is 3.38. The van der Waals surface area contributed by atoms with Crippen LogP contribution in [0.5, 0.6) is 5.75 Å². The monoisotopic (exact) mass is 387 g/mol. The molecule has 0 radical (unpaired) electrons. The molecular formula is C20H26FN5O2. The van der Waals surface area contributed by atoms with Crippen molar-refractivity contribution >= 4 is 5.91 Å². The van der Waals surface area contributed by atoms with E-state index in [1.54, 1.807) is 23.0 Å². The third-order valence-corrected chi connectivity index (χ3v) is 5.40. The molecule has 0 bridgehead atoms. The quantitative estimate of drug-likeness (QED) is 0.763. The molecule has 1 saturated heterocycles. The van der Waals surface area contributed by atoms with Crippen LogP contribution in [0.1, 0.15) is 60.7 Å². The van der Waals surface area contributed by atoms with Crippen LogP contribution in [0.2, 0.25) is 0 Å². The molecule has 1 aromatic carbocycles. The molecule has 28 heavy (non-hydrogen) atoms. The lowest BCUT2D eigenvalue weighted by molar-refractivity contribution is 0.0934. The molecule has 1 saturated carbocycles. The molecule has 8 heteroatoms. The summed E-state index contributed by atoms with van der Waals surface area (Å²) in [6.07, 6.45) is 5.94. The lowest BCUT2D eigenvalue weighted by atomic mass is 10.1. The molecule has 2 aromatic rings. The van der Waals surface area contributed by atoms with Crippen LogP contribution in [-0.4, -0.2) is 40.6 Å². The molecule has 1 amide bonds. The number of aromatic nitrogens is 3. The summed E-state index contributed by atoms with van der Waals surface area (Å²) < 4.78 is 21.6. The highest BCUT2D eigenvalue weighted by Gasteiger charge is 2.23. The van der Waals surface area contributed by atoms with Crippen LogP contribution >= 0.6 is 0 Å². The summed E-state index contributed by atoms with van der Waals surface area (Å²) in [7, 11) is 0. The van der Waals surface area contributed by atoms with E-state index in [4.69, 9.17) is 4.74 Å². The van der Waals surface area contributed by atoms with E-state index in [-0.39, 0.29) is 29.4 Å². The first-order chi connectivity index (χ1) is 13.6. The van der Waals surface area contributed by atoms with Crippen LogP contribution < -0.4 is 15.4 Å². The molecule has 4 rings (SSSR count). The number of hydrogen-bond acceptors (Lipinski definition) is 5. The zero-order valence-corrected chi connectivity index (χ0v) is 16.0. The zero-order valence-electron chi connectivity index (χ0n) is 16.0. The maximum Gasteiger partial charge on any atom is 0.273 e. The maximum atomic E-state index is 14.3. The summed E-state index contributed by atoms with van der Waals surface area (Å²) in [5, 5.41) is 14.3. The molecule has 1 aliphatic heterocycles.